The van der Waals surface area contributed by atoms with Crippen molar-refractivity contribution in [3.05, 3.63) is 84.5 Å². The summed E-state index contributed by atoms with van der Waals surface area (Å²) < 4.78 is 17.9. The van der Waals surface area contributed by atoms with Crippen molar-refractivity contribution in [1.29, 1.82) is 0 Å². The zero-order valence-electron chi connectivity index (χ0n) is 19.9. The molecule has 0 saturated carbocycles. The van der Waals surface area contributed by atoms with Gasteiger partial charge >= 0.3 is 5.97 Å². The highest BCUT2D eigenvalue weighted by molar-refractivity contribution is 7.07. The molecule has 0 fully saturated rings. The van der Waals surface area contributed by atoms with E-state index in [1.165, 1.54) is 23.0 Å². The number of hydrogen-bond acceptors (Lipinski definition) is 8. The number of methoxy groups -OCH3 is 1. The van der Waals surface area contributed by atoms with E-state index < -0.39 is 12.0 Å². The first-order chi connectivity index (χ1) is 16.9. The number of allylic oxidation sites excluding steroid dienone is 1. The summed E-state index contributed by atoms with van der Waals surface area (Å²) in [7, 11) is 1.46. The minimum absolute atomic E-state index is 0.0627. The minimum atomic E-state index is -0.720. The molecule has 35 heavy (non-hydrogen) atoms. The summed E-state index contributed by atoms with van der Waals surface area (Å²) in [6.07, 6.45) is 1.60. The van der Waals surface area contributed by atoms with Crippen molar-refractivity contribution < 1.29 is 24.1 Å². The number of hydrogen-bond donors (Lipinski definition) is 1. The topological polar surface area (TPSA) is 99.4 Å². The molecule has 0 saturated heterocycles. The second-order valence-corrected chi connectivity index (χ2v) is 8.71. The largest absolute Gasteiger partial charge is 0.504 e. The third kappa shape index (κ3) is 4.59. The van der Waals surface area contributed by atoms with Crippen LogP contribution in [0.1, 0.15) is 37.9 Å². The maximum Gasteiger partial charge on any atom is 0.338 e. The average molecular weight is 495 g/mol. The first kappa shape index (κ1) is 24.3. The number of benzene rings is 2. The van der Waals surface area contributed by atoms with E-state index in [-0.39, 0.29) is 17.9 Å². The van der Waals surface area contributed by atoms with Crippen LogP contribution < -0.4 is 24.4 Å². The quantitative estimate of drug-likeness (QED) is 0.507. The molecule has 182 valence electrons. The van der Waals surface area contributed by atoms with Gasteiger partial charge in [0.05, 0.1) is 42.2 Å². The predicted molar refractivity (Wildman–Crippen MR) is 133 cm³/mol. The number of para-hydroxylation sites is 1. The Morgan fingerprint density at radius 1 is 1.17 bits per heavy atom. The van der Waals surface area contributed by atoms with Crippen molar-refractivity contribution in [2.75, 3.05) is 20.3 Å². The number of ether oxygens (including phenoxy) is 3. The maximum absolute atomic E-state index is 13.6. The molecular weight excluding hydrogens is 468 g/mol. The van der Waals surface area contributed by atoms with Crippen LogP contribution in [0.5, 0.6) is 17.2 Å². The molecule has 0 spiro atoms. The Balaban J connectivity index is 1.93. The van der Waals surface area contributed by atoms with Crippen molar-refractivity contribution in [3.63, 3.8) is 0 Å². The third-order valence-corrected chi connectivity index (χ3v) is 6.54. The van der Waals surface area contributed by atoms with E-state index in [1.807, 2.05) is 19.1 Å². The monoisotopic (exact) mass is 494 g/mol. The molecular formula is C26H26N2O6S. The van der Waals surface area contributed by atoms with Gasteiger partial charge in [0.1, 0.15) is 5.75 Å². The highest BCUT2D eigenvalue weighted by atomic mass is 32.1. The van der Waals surface area contributed by atoms with Crippen molar-refractivity contribution >= 4 is 23.4 Å². The van der Waals surface area contributed by atoms with E-state index in [9.17, 15) is 14.7 Å². The van der Waals surface area contributed by atoms with Crippen LogP contribution in [0.15, 0.2) is 63.5 Å². The van der Waals surface area contributed by atoms with Gasteiger partial charge in [-0.1, -0.05) is 35.6 Å². The fourth-order valence-electron chi connectivity index (χ4n) is 3.98. The van der Waals surface area contributed by atoms with E-state index in [0.717, 1.165) is 5.56 Å². The van der Waals surface area contributed by atoms with Crippen LogP contribution in [0.3, 0.4) is 0 Å². The number of aromatic nitrogens is 1. The molecule has 4 rings (SSSR count). The maximum atomic E-state index is 13.6. The van der Waals surface area contributed by atoms with Gasteiger partial charge in [-0.25, -0.2) is 9.79 Å². The number of phenols is 1. The molecule has 1 atom stereocenters. The number of thiazole rings is 1. The Bertz CT molecular complexity index is 1470. The van der Waals surface area contributed by atoms with Gasteiger partial charge in [-0.05, 0) is 50.6 Å². The molecule has 1 aromatic heterocycles. The van der Waals surface area contributed by atoms with Crippen LogP contribution >= 0.6 is 11.3 Å². The molecule has 8 nitrogen and oxygen atoms in total. The summed E-state index contributed by atoms with van der Waals surface area (Å²) >= 11 is 1.18. The van der Waals surface area contributed by atoms with Crippen molar-refractivity contribution in [3.8, 4) is 17.2 Å². The van der Waals surface area contributed by atoms with Gasteiger partial charge in [0, 0.05) is 5.56 Å². The van der Waals surface area contributed by atoms with Gasteiger partial charge in [-0.3, -0.25) is 9.36 Å². The Kier molecular flexibility index (Phi) is 7.07. The summed E-state index contributed by atoms with van der Waals surface area (Å²) in [6, 6.07) is 11.6. The van der Waals surface area contributed by atoms with E-state index in [0.29, 0.717) is 44.3 Å². The summed E-state index contributed by atoms with van der Waals surface area (Å²) in [5.74, 6) is 0.412. The van der Waals surface area contributed by atoms with Crippen molar-refractivity contribution in [2.45, 2.75) is 26.8 Å². The normalized spacial score (nSPS) is 15.4. The van der Waals surface area contributed by atoms with E-state index in [2.05, 4.69) is 4.99 Å². The molecule has 0 unspecified atom stereocenters. The fraction of sp³-hybridized carbons (Fsp3) is 0.269. The molecule has 0 amide bonds. The molecule has 0 aliphatic carbocycles. The van der Waals surface area contributed by atoms with Crippen LogP contribution in [0.2, 0.25) is 0 Å². The van der Waals surface area contributed by atoms with Gasteiger partial charge in [-0.2, -0.15) is 0 Å². The summed E-state index contributed by atoms with van der Waals surface area (Å²) in [5.41, 5.74) is 1.62. The van der Waals surface area contributed by atoms with E-state index in [1.54, 1.807) is 50.3 Å². The van der Waals surface area contributed by atoms with Gasteiger partial charge < -0.3 is 19.3 Å². The third-order valence-electron chi connectivity index (χ3n) is 5.56. The zero-order valence-corrected chi connectivity index (χ0v) is 20.7. The van der Waals surface area contributed by atoms with E-state index >= 15 is 0 Å². The second-order valence-electron chi connectivity index (χ2n) is 7.70. The molecule has 1 aliphatic rings. The van der Waals surface area contributed by atoms with Crippen LogP contribution in [0.4, 0.5) is 0 Å². The number of esters is 1. The van der Waals surface area contributed by atoms with Crippen molar-refractivity contribution in [2.24, 2.45) is 4.99 Å². The first-order valence-corrected chi connectivity index (χ1v) is 12.0. The Hall–Kier alpha value is -3.85. The summed E-state index contributed by atoms with van der Waals surface area (Å²) in [5, 5.41) is 10.5. The van der Waals surface area contributed by atoms with Crippen LogP contribution in [0.25, 0.3) is 6.08 Å². The highest BCUT2D eigenvalue weighted by Gasteiger charge is 2.33. The van der Waals surface area contributed by atoms with Crippen molar-refractivity contribution in [1.82, 2.24) is 4.57 Å². The van der Waals surface area contributed by atoms with Crippen LogP contribution in [-0.4, -0.2) is 36.0 Å². The number of carbonyl (C=O) groups is 1. The predicted octanol–water partition coefficient (Wildman–Crippen LogP) is 2.91. The first-order valence-electron chi connectivity index (χ1n) is 11.2. The summed E-state index contributed by atoms with van der Waals surface area (Å²) in [4.78, 5) is 31.6. The van der Waals surface area contributed by atoms with Gasteiger partial charge in [0.2, 0.25) is 0 Å². The number of phenolic OH excluding ortho intramolecular Hbond substituents is 1. The SMILES string of the molecule is CCOC(=O)C1=C(C)N=c2sc(=Cc3cccc(OC)c3O)c(=O)n2[C@H]1c1ccc(OCC)cc1. The van der Waals surface area contributed by atoms with Crippen LogP contribution in [-0.2, 0) is 9.53 Å². The number of fused-ring (bicyclic) bond motifs is 1. The average Bonchev–Trinajstić information content (AvgIpc) is 3.14. The molecule has 1 aliphatic heterocycles. The fourth-order valence-corrected chi connectivity index (χ4v) is 5.02. The van der Waals surface area contributed by atoms with Crippen LogP contribution in [0, 0.1) is 0 Å². The number of carbonyl (C=O) groups excluding carboxylic acids is 1. The highest BCUT2D eigenvalue weighted by Crippen LogP contribution is 2.32. The second kappa shape index (κ2) is 10.2. The standard InChI is InChI=1S/C26H26N2O6S/c1-5-33-18-12-10-16(11-13-18)22-21(25(31)34-6-2)15(3)27-26-28(22)24(30)20(35-26)14-17-8-7-9-19(32-4)23(17)29/h7-14,22,29H,5-6H2,1-4H3/t22-/m0/s1. The Morgan fingerprint density at radius 2 is 1.91 bits per heavy atom. The number of rotatable bonds is 7. The van der Waals surface area contributed by atoms with E-state index in [4.69, 9.17) is 14.2 Å². The van der Waals surface area contributed by atoms with Gasteiger partial charge in [0.25, 0.3) is 5.56 Å². The van der Waals surface area contributed by atoms with Gasteiger partial charge in [-0.15, -0.1) is 0 Å². The lowest BCUT2D eigenvalue weighted by atomic mass is 9.96. The lowest BCUT2D eigenvalue weighted by Crippen LogP contribution is -2.39. The minimum Gasteiger partial charge on any atom is -0.504 e. The molecule has 1 N–H and O–H groups in total. The lowest BCUT2D eigenvalue weighted by Gasteiger charge is -2.24. The molecule has 0 bridgehead atoms. The molecule has 3 aromatic rings. The molecule has 2 aromatic carbocycles. The van der Waals surface area contributed by atoms with Gasteiger partial charge in [0.15, 0.2) is 16.3 Å². The number of nitrogens with zero attached hydrogens (tertiary/aromatic N) is 2. The Labute approximate surface area is 206 Å². The lowest BCUT2D eigenvalue weighted by molar-refractivity contribution is -0.139. The molecule has 2 heterocycles. The Morgan fingerprint density at radius 3 is 2.57 bits per heavy atom. The zero-order chi connectivity index (χ0) is 25.1. The smallest absolute Gasteiger partial charge is 0.338 e. The molecule has 9 heteroatoms. The summed E-state index contributed by atoms with van der Waals surface area (Å²) in [6.45, 7) is 6.09. The molecule has 0 radical (unpaired) electrons. The number of aromatic hydroxyl groups is 1.